The molecule has 1 fully saturated rings. The number of likely N-dealkylation sites (tertiary alicyclic amines) is 1. The quantitative estimate of drug-likeness (QED) is 0.133. The zero-order chi connectivity index (χ0) is 33.8. The summed E-state index contributed by atoms with van der Waals surface area (Å²) in [5.74, 6) is 0.559. The van der Waals surface area contributed by atoms with Crippen molar-refractivity contribution in [3.63, 3.8) is 0 Å². The van der Waals surface area contributed by atoms with Crippen molar-refractivity contribution in [3.8, 4) is 11.5 Å². The van der Waals surface area contributed by atoms with Crippen molar-refractivity contribution in [2.24, 2.45) is 0 Å². The lowest BCUT2D eigenvalue weighted by Crippen LogP contribution is -2.53. The fraction of sp³-hybridized carbons (Fsp3) is 0.371. The van der Waals surface area contributed by atoms with E-state index in [-0.39, 0.29) is 61.4 Å². The Bertz CT molecular complexity index is 1760. The molecule has 1 unspecified atom stereocenters. The highest BCUT2D eigenvalue weighted by molar-refractivity contribution is 6.30. The molecular weight excluding hydrogens is 635 g/mol. The van der Waals surface area contributed by atoms with E-state index in [1.165, 1.54) is 25.4 Å². The lowest BCUT2D eigenvalue weighted by Gasteiger charge is -2.39. The summed E-state index contributed by atoms with van der Waals surface area (Å²) in [6, 6.07) is 16.6. The second kappa shape index (κ2) is 14.3. The Kier molecular flexibility index (Phi) is 10.3. The standard InChI is InChI=1S/C35H35ClF3N3O5/c1-4-46-33(43)18-24-7-12-31(32(17-24)45-3)47-27-13-15-41(16-14-27)22-34(44,35(37,38)39)29-21-42(20-23-5-8-25(36)9-6-23)30-19-26(40-2)10-11-28(29)30/h5-12,17,19,21,27,44H,4,13-16,18,20,22H2,1,3H3. The minimum atomic E-state index is -4.99. The second-order valence-corrected chi connectivity index (χ2v) is 12.0. The molecule has 1 aliphatic heterocycles. The summed E-state index contributed by atoms with van der Waals surface area (Å²) in [6.07, 6.45) is -3.00. The molecule has 1 aliphatic rings. The molecule has 4 aromatic rings. The summed E-state index contributed by atoms with van der Waals surface area (Å²) in [4.78, 5) is 16.9. The third-order valence-corrected chi connectivity index (χ3v) is 8.59. The highest BCUT2D eigenvalue weighted by Gasteiger charge is 2.57. The molecule has 12 heteroatoms. The van der Waals surface area contributed by atoms with Crippen LogP contribution in [0.3, 0.4) is 0 Å². The Labute approximate surface area is 276 Å². The Morgan fingerprint density at radius 2 is 1.74 bits per heavy atom. The Balaban J connectivity index is 1.34. The Morgan fingerprint density at radius 1 is 1.04 bits per heavy atom. The van der Waals surface area contributed by atoms with Gasteiger partial charge in [-0.15, -0.1) is 0 Å². The van der Waals surface area contributed by atoms with Gasteiger partial charge in [0, 0.05) is 53.9 Å². The molecule has 0 bridgehead atoms. The van der Waals surface area contributed by atoms with E-state index < -0.39 is 18.3 Å². The van der Waals surface area contributed by atoms with Gasteiger partial charge in [0.05, 0.1) is 26.7 Å². The van der Waals surface area contributed by atoms with Crippen molar-refractivity contribution in [2.45, 2.75) is 50.6 Å². The van der Waals surface area contributed by atoms with Gasteiger partial charge in [0.15, 0.2) is 17.2 Å². The predicted molar refractivity (Wildman–Crippen MR) is 172 cm³/mol. The molecular formula is C35H35ClF3N3O5. The number of aromatic nitrogens is 1. The smallest absolute Gasteiger partial charge is 0.422 e. The van der Waals surface area contributed by atoms with Crippen molar-refractivity contribution in [1.29, 1.82) is 0 Å². The number of fused-ring (bicyclic) bond motifs is 1. The van der Waals surface area contributed by atoms with Crippen LogP contribution in [0.2, 0.25) is 5.02 Å². The average molecular weight is 670 g/mol. The summed E-state index contributed by atoms with van der Waals surface area (Å²) in [5, 5.41) is 12.3. The van der Waals surface area contributed by atoms with Crippen molar-refractivity contribution < 1.29 is 37.3 Å². The van der Waals surface area contributed by atoms with Gasteiger partial charge in [0.2, 0.25) is 5.60 Å². The molecule has 0 saturated carbocycles. The van der Waals surface area contributed by atoms with E-state index in [1.807, 2.05) is 0 Å². The number of piperidine rings is 1. The first kappa shape index (κ1) is 34.1. The van der Waals surface area contributed by atoms with E-state index in [0.717, 1.165) is 5.56 Å². The third-order valence-electron chi connectivity index (χ3n) is 8.34. The first-order chi connectivity index (χ1) is 22.4. The summed E-state index contributed by atoms with van der Waals surface area (Å²) >= 11 is 6.02. The van der Waals surface area contributed by atoms with Crippen molar-refractivity contribution in [1.82, 2.24) is 9.47 Å². The Hall–Kier alpha value is -4.24. The number of methoxy groups -OCH3 is 1. The number of esters is 1. The molecule has 47 heavy (non-hydrogen) atoms. The molecule has 0 amide bonds. The summed E-state index contributed by atoms with van der Waals surface area (Å²) in [7, 11) is 1.49. The fourth-order valence-electron chi connectivity index (χ4n) is 5.91. The molecule has 0 spiro atoms. The van der Waals surface area contributed by atoms with Crippen LogP contribution in [0, 0.1) is 6.57 Å². The summed E-state index contributed by atoms with van der Waals surface area (Å²) < 4.78 is 62.9. The first-order valence-electron chi connectivity index (χ1n) is 15.2. The highest BCUT2D eigenvalue weighted by Crippen LogP contribution is 2.44. The minimum absolute atomic E-state index is 0.0888. The average Bonchev–Trinajstić information content (AvgIpc) is 3.41. The maximum atomic E-state index is 14.9. The van der Waals surface area contributed by atoms with Crippen LogP contribution in [-0.2, 0) is 28.1 Å². The molecule has 248 valence electrons. The van der Waals surface area contributed by atoms with Gasteiger partial charge in [-0.2, -0.15) is 13.2 Å². The first-order valence-corrected chi connectivity index (χ1v) is 15.6. The van der Waals surface area contributed by atoms with Crippen LogP contribution < -0.4 is 9.47 Å². The number of ether oxygens (including phenoxy) is 3. The number of nitrogens with zero attached hydrogens (tertiary/aromatic N) is 3. The molecule has 1 N–H and O–H groups in total. The third kappa shape index (κ3) is 7.67. The molecule has 2 heterocycles. The van der Waals surface area contributed by atoms with Gasteiger partial charge in [0.25, 0.3) is 0 Å². The fourth-order valence-corrected chi connectivity index (χ4v) is 6.04. The van der Waals surface area contributed by atoms with E-state index >= 15 is 0 Å². The monoisotopic (exact) mass is 669 g/mol. The number of halogens is 4. The van der Waals surface area contributed by atoms with Gasteiger partial charge in [-0.25, -0.2) is 4.85 Å². The van der Waals surface area contributed by atoms with Gasteiger partial charge in [-0.1, -0.05) is 41.9 Å². The zero-order valence-corrected chi connectivity index (χ0v) is 26.8. The van der Waals surface area contributed by atoms with Crippen LogP contribution in [-0.4, -0.2) is 66.2 Å². The summed E-state index contributed by atoms with van der Waals surface area (Å²) in [6.45, 7) is 9.52. The molecule has 0 radical (unpaired) electrons. The number of β-amino-alcohol motifs (C(OH)–C–C–N with tert-alkyl or cyclic N) is 1. The highest BCUT2D eigenvalue weighted by atomic mass is 35.5. The van der Waals surface area contributed by atoms with E-state index in [0.29, 0.717) is 40.4 Å². The number of hydrogen-bond donors (Lipinski definition) is 1. The van der Waals surface area contributed by atoms with Crippen LogP contribution in [0.4, 0.5) is 18.9 Å². The predicted octanol–water partition coefficient (Wildman–Crippen LogP) is 7.30. The van der Waals surface area contributed by atoms with Crippen LogP contribution in [0.5, 0.6) is 11.5 Å². The maximum absolute atomic E-state index is 14.9. The minimum Gasteiger partial charge on any atom is -0.493 e. The lowest BCUT2D eigenvalue weighted by atomic mass is 9.91. The van der Waals surface area contributed by atoms with Crippen LogP contribution in [0.15, 0.2) is 66.9 Å². The zero-order valence-electron chi connectivity index (χ0n) is 26.0. The molecule has 3 aromatic carbocycles. The molecule has 5 rings (SSSR count). The molecule has 8 nitrogen and oxygen atoms in total. The van der Waals surface area contributed by atoms with Crippen LogP contribution in [0.1, 0.15) is 36.5 Å². The molecule has 1 aromatic heterocycles. The number of rotatable bonds is 11. The van der Waals surface area contributed by atoms with Crippen LogP contribution >= 0.6 is 11.6 Å². The van der Waals surface area contributed by atoms with E-state index in [9.17, 15) is 23.1 Å². The van der Waals surface area contributed by atoms with E-state index in [2.05, 4.69) is 4.85 Å². The maximum Gasteiger partial charge on any atom is 0.422 e. The van der Waals surface area contributed by atoms with E-state index in [4.69, 9.17) is 32.4 Å². The van der Waals surface area contributed by atoms with E-state index in [1.54, 1.807) is 64.9 Å². The van der Waals surface area contributed by atoms with Gasteiger partial charge >= 0.3 is 12.1 Å². The van der Waals surface area contributed by atoms with Gasteiger partial charge in [0.1, 0.15) is 6.10 Å². The second-order valence-electron chi connectivity index (χ2n) is 11.5. The summed E-state index contributed by atoms with van der Waals surface area (Å²) in [5.41, 5.74) is -1.25. The van der Waals surface area contributed by atoms with Crippen molar-refractivity contribution in [3.05, 3.63) is 100.0 Å². The van der Waals surface area contributed by atoms with Crippen molar-refractivity contribution >= 4 is 34.2 Å². The number of alkyl halides is 3. The normalized spacial score (nSPS) is 15.6. The molecule has 0 aliphatic carbocycles. The number of carbonyl (C=O) groups excluding carboxylic acids is 1. The number of benzene rings is 3. The SMILES string of the molecule is [C-]#[N+]c1ccc2c(C(O)(CN3CCC(Oc4ccc(CC(=O)OCC)cc4OC)CC3)C(F)(F)F)cn(Cc3ccc(Cl)cc3)c2c1. The topological polar surface area (TPSA) is 77.5 Å². The lowest BCUT2D eigenvalue weighted by molar-refractivity contribution is -0.272. The number of hydrogen-bond acceptors (Lipinski definition) is 6. The van der Waals surface area contributed by atoms with Crippen LogP contribution in [0.25, 0.3) is 15.7 Å². The molecule has 1 saturated heterocycles. The largest absolute Gasteiger partial charge is 0.493 e. The Morgan fingerprint density at radius 3 is 2.38 bits per heavy atom. The number of aliphatic hydroxyl groups is 1. The van der Waals surface area contributed by atoms with Gasteiger partial charge < -0.3 is 23.9 Å². The van der Waals surface area contributed by atoms with Gasteiger partial charge in [-0.3, -0.25) is 9.69 Å². The van der Waals surface area contributed by atoms with Crippen molar-refractivity contribution in [2.75, 3.05) is 33.4 Å². The van der Waals surface area contributed by atoms with Gasteiger partial charge in [-0.05, 0) is 61.2 Å². The number of carbonyl (C=O) groups is 1. The molecule has 1 atom stereocenters.